The van der Waals surface area contributed by atoms with E-state index in [0.29, 0.717) is 23.5 Å². The largest absolute Gasteiger partial charge is 0.489 e. The number of anilines is 2. The molecule has 0 aliphatic carbocycles. The summed E-state index contributed by atoms with van der Waals surface area (Å²) in [6.45, 7) is 2.25. The van der Waals surface area contributed by atoms with Crippen LogP contribution in [0.1, 0.15) is 22.8 Å². The lowest BCUT2D eigenvalue weighted by atomic mass is 10.1. The number of hydrogen-bond donors (Lipinski definition) is 3. The van der Waals surface area contributed by atoms with Crippen molar-refractivity contribution < 1.29 is 14.3 Å². The third kappa shape index (κ3) is 5.85. The first-order chi connectivity index (χ1) is 14.5. The van der Waals surface area contributed by atoms with Gasteiger partial charge in [-0.25, -0.2) is 0 Å². The smallest absolute Gasteiger partial charge is 0.251 e. The van der Waals surface area contributed by atoms with Gasteiger partial charge in [-0.3, -0.25) is 9.59 Å². The van der Waals surface area contributed by atoms with E-state index in [0.717, 1.165) is 11.3 Å². The first kappa shape index (κ1) is 20.9. The first-order valence-corrected chi connectivity index (χ1v) is 9.71. The molecule has 6 nitrogen and oxygen atoms in total. The molecule has 3 N–H and O–H groups in total. The van der Waals surface area contributed by atoms with Gasteiger partial charge in [-0.05, 0) is 55.0 Å². The fourth-order valence-corrected chi connectivity index (χ4v) is 2.84. The van der Waals surface area contributed by atoms with E-state index in [2.05, 4.69) is 16.0 Å². The van der Waals surface area contributed by atoms with Crippen molar-refractivity contribution in [2.45, 2.75) is 19.6 Å². The molecule has 0 spiro atoms. The molecule has 30 heavy (non-hydrogen) atoms. The molecule has 0 heterocycles. The molecule has 0 aliphatic heterocycles. The van der Waals surface area contributed by atoms with Crippen LogP contribution in [0.25, 0.3) is 0 Å². The Kier molecular flexibility index (Phi) is 7.05. The summed E-state index contributed by atoms with van der Waals surface area (Å²) in [5.41, 5.74) is 3.00. The fraction of sp³-hybridized carbons (Fsp3) is 0.167. The van der Waals surface area contributed by atoms with Gasteiger partial charge in [-0.15, -0.1) is 0 Å². The molecule has 0 saturated heterocycles. The Bertz CT molecular complexity index is 988. The van der Waals surface area contributed by atoms with Crippen molar-refractivity contribution in [3.8, 4) is 5.75 Å². The summed E-state index contributed by atoms with van der Waals surface area (Å²) < 4.78 is 5.76. The minimum Gasteiger partial charge on any atom is -0.489 e. The molecular formula is C24H25N3O3. The van der Waals surface area contributed by atoms with Gasteiger partial charge in [0.1, 0.15) is 18.4 Å². The highest BCUT2D eigenvalue weighted by Gasteiger charge is 2.14. The lowest BCUT2D eigenvalue weighted by Crippen LogP contribution is -2.32. The summed E-state index contributed by atoms with van der Waals surface area (Å²) in [6.07, 6.45) is 0. The quantitative estimate of drug-likeness (QED) is 0.530. The normalized spacial score (nSPS) is 11.3. The number of amides is 2. The molecule has 0 bridgehead atoms. The number of benzene rings is 3. The number of hydrogen-bond acceptors (Lipinski definition) is 4. The predicted octanol–water partition coefficient (Wildman–Crippen LogP) is 4.06. The standard InChI is InChI=1S/C24H25N3O3/c1-17(26-21-10-6-9-19(15-21)24(29)25-2)23(28)27-20-11-13-22(14-12-20)30-16-18-7-4-3-5-8-18/h3-15,17,26H,16H2,1-2H3,(H,25,29)(H,27,28)/t17-/m0/s1. The molecule has 0 aliphatic rings. The van der Waals surface area contributed by atoms with Crippen molar-refractivity contribution in [3.63, 3.8) is 0 Å². The van der Waals surface area contributed by atoms with E-state index >= 15 is 0 Å². The van der Waals surface area contributed by atoms with E-state index in [1.807, 2.05) is 48.5 Å². The first-order valence-electron chi connectivity index (χ1n) is 9.71. The second-order valence-corrected chi connectivity index (χ2v) is 6.81. The monoisotopic (exact) mass is 403 g/mol. The van der Waals surface area contributed by atoms with Crippen molar-refractivity contribution in [1.82, 2.24) is 5.32 Å². The zero-order valence-electron chi connectivity index (χ0n) is 17.0. The van der Waals surface area contributed by atoms with Crippen LogP contribution in [-0.4, -0.2) is 24.9 Å². The Morgan fingerprint density at radius 2 is 1.63 bits per heavy atom. The molecule has 154 valence electrons. The number of nitrogens with one attached hydrogen (secondary N) is 3. The van der Waals surface area contributed by atoms with Crippen molar-refractivity contribution in [3.05, 3.63) is 90.0 Å². The summed E-state index contributed by atoms with van der Waals surface area (Å²) in [5.74, 6) is 0.373. The molecule has 0 radical (unpaired) electrons. The van der Waals surface area contributed by atoms with Gasteiger partial charge in [0.05, 0.1) is 0 Å². The Hall–Kier alpha value is -3.80. The lowest BCUT2D eigenvalue weighted by molar-refractivity contribution is -0.116. The molecule has 3 aromatic carbocycles. The van der Waals surface area contributed by atoms with Crippen LogP contribution in [0.4, 0.5) is 11.4 Å². The third-order valence-electron chi connectivity index (χ3n) is 4.50. The zero-order chi connectivity index (χ0) is 21.3. The molecule has 6 heteroatoms. The van der Waals surface area contributed by atoms with E-state index in [4.69, 9.17) is 4.74 Å². The molecule has 3 rings (SSSR count). The molecular weight excluding hydrogens is 378 g/mol. The van der Waals surface area contributed by atoms with Crippen molar-refractivity contribution >= 4 is 23.2 Å². The summed E-state index contributed by atoms with van der Waals surface area (Å²) in [5, 5.41) is 8.57. The van der Waals surface area contributed by atoms with Crippen LogP contribution in [0, 0.1) is 0 Å². The second kappa shape index (κ2) is 10.1. The lowest BCUT2D eigenvalue weighted by Gasteiger charge is -2.16. The summed E-state index contributed by atoms with van der Waals surface area (Å²) in [4.78, 5) is 24.3. The molecule has 2 amide bonds. The van der Waals surface area contributed by atoms with E-state index in [1.165, 1.54) is 0 Å². The number of rotatable bonds is 8. The van der Waals surface area contributed by atoms with Gasteiger partial charge >= 0.3 is 0 Å². The zero-order valence-corrected chi connectivity index (χ0v) is 17.0. The van der Waals surface area contributed by atoms with Crippen LogP contribution in [0.2, 0.25) is 0 Å². The molecule has 1 atom stereocenters. The molecule has 0 saturated carbocycles. The molecule has 0 fully saturated rings. The van der Waals surface area contributed by atoms with Crippen LogP contribution in [0.5, 0.6) is 5.75 Å². The van der Waals surface area contributed by atoms with Crippen molar-refractivity contribution in [2.24, 2.45) is 0 Å². The van der Waals surface area contributed by atoms with Crippen LogP contribution in [-0.2, 0) is 11.4 Å². The van der Waals surface area contributed by atoms with Crippen molar-refractivity contribution in [1.29, 1.82) is 0 Å². The summed E-state index contributed by atoms with van der Waals surface area (Å²) >= 11 is 0. The van der Waals surface area contributed by atoms with E-state index in [1.54, 1.807) is 44.3 Å². The highest BCUT2D eigenvalue weighted by molar-refractivity contribution is 5.97. The Labute approximate surface area is 176 Å². The van der Waals surface area contributed by atoms with E-state index < -0.39 is 6.04 Å². The fourth-order valence-electron chi connectivity index (χ4n) is 2.84. The van der Waals surface area contributed by atoms with Gasteiger partial charge in [0.25, 0.3) is 5.91 Å². The maximum Gasteiger partial charge on any atom is 0.251 e. The molecule has 3 aromatic rings. The van der Waals surface area contributed by atoms with E-state index in [9.17, 15) is 9.59 Å². The van der Waals surface area contributed by atoms with Gasteiger partial charge in [0.15, 0.2) is 0 Å². The van der Waals surface area contributed by atoms with Crippen LogP contribution in [0.15, 0.2) is 78.9 Å². The SMILES string of the molecule is CNC(=O)c1cccc(N[C@@H](C)C(=O)Nc2ccc(OCc3ccccc3)cc2)c1. The number of carbonyl (C=O) groups is 2. The van der Waals surface area contributed by atoms with Crippen molar-refractivity contribution in [2.75, 3.05) is 17.7 Å². The maximum absolute atomic E-state index is 12.5. The maximum atomic E-state index is 12.5. The van der Waals surface area contributed by atoms with Gasteiger partial charge in [0.2, 0.25) is 5.91 Å². The van der Waals surface area contributed by atoms with E-state index in [-0.39, 0.29) is 11.8 Å². The number of carbonyl (C=O) groups excluding carboxylic acids is 2. The average Bonchev–Trinajstić information content (AvgIpc) is 2.79. The minimum absolute atomic E-state index is 0.176. The van der Waals surface area contributed by atoms with Gasteiger partial charge in [-0.2, -0.15) is 0 Å². The summed E-state index contributed by atoms with van der Waals surface area (Å²) in [7, 11) is 1.58. The highest BCUT2D eigenvalue weighted by Crippen LogP contribution is 2.18. The number of ether oxygens (including phenoxy) is 1. The minimum atomic E-state index is -0.487. The Morgan fingerprint density at radius 3 is 2.33 bits per heavy atom. The highest BCUT2D eigenvalue weighted by atomic mass is 16.5. The molecule has 0 unspecified atom stereocenters. The second-order valence-electron chi connectivity index (χ2n) is 6.81. The topological polar surface area (TPSA) is 79.5 Å². The summed E-state index contributed by atoms with van der Waals surface area (Å²) in [6, 6.07) is 23.7. The van der Waals surface area contributed by atoms with Crippen LogP contribution < -0.4 is 20.7 Å². The predicted molar refractivity (Wildman–Crippen MR) is 119 cm³/mol. The molecule has 0 aromatic heterocycles. The third-order valence-corrected chi connectivity index (χ3v) is 4.50. The average molecular weight is 403 g/mol. The Morgan fingerprint density at radius 1 is 0.900 bits per heavy atom. The van der Waals surface area contributed by atoms with Crippen LogP contribution >= 0.6 is 0 Å². The Balaban J connectivity index is 1.53. The van der Waals surface area contributed by atoms with Gasteiger partial charge in [0, 0.05) is 24.0 Å². The van der Waals surface area contributed by atoms with Gasteiger partial charge in [-0.1, -0.05) is 36.4 Å². The van der Waals surface area contributed by atoms with Crippen LogP contribution in [0.3, 0.4) is 0 Å². The van der Waals surface area contributed by atoms with Gasteiger partial charge < -0.3 is 20.7 Å².